The molecular formula is C12H17NO5. The molecule has 0 saturated heterocycles. The molecule has 1 unspecified atom stereocenters. The zero-order valence-corrected chi connectivity index (χ0v) is 10.3. The molecule has 1 aromatic rings. The Labute approximate surface area is 105 Å². The van der Waals surface area contributed by atoms with Crippen LogP contribution in [0.5, 0.6) is 5.75 Å². The molecule has 1 aromatic carbocycles. The molecule has 0 aliphatic heterocycles. The van der Waals surface area contributed by atoms with Gasteiger partial charge in [-0.25, -0.2) is 4.79 Å². The van der Waals surface area contributed by atoms with E-state index in [1.807, 2.05) is 0 Å². The lowest BCUT2D eigenvalue weighted by atomic mass is 10.1. The summed E-state index contributed by atoms with van der Waals surface area (Å²) in [7, 11) is 2.78. The highest BCUT2D eigenvalue weighted by Crippen LogP contribution is 2.22. The first-order chi connectivity index (χ1) is 8.62. The van der Waals surface area contributed by atoms with Crippen LogP contribution in [0.3, 0.4) is 0 Å². The third-order valence-corrected chi connectivity index (χ3v) is 2.37. The van der Waals surface area contributed by atoms with Crippen molar-refractivity contribution in [3.8, 4) is 5.75 Å². The smallest absolute Gasteiger partial charge is 0.340 e. The highest BCUT2D eigenvalue weighted by molar-refractivity contribution is 5.96. The lowest BCUT2D eigenvalue weighted by Gasteiger charge is -2.14. The largest absolute Gasteiger partial charge is 0.497 e. The highest BCUT2D eigenvalue weighted by atomic mass is 16.5. The van der Waals surface area contributed by atoms with Crippen LogP contribution in [-0.2, 0) is 4.74 Å². The van der Waals surface area contributed by atoms with Crippen molar-refractivity contribution in [3.05, 3.63) is 23.8 Å². The van der Waals surface area contributed by atoms with Gasteiger partial charge in [-0.3, -0.25) is 0 Å². The first-order valence-corrected chi connectivity index (χ1v) is 5.41. The molecule has 6 nitrogen and oxygen atoms in total. The first kappa shape index (κ1) is 14.3. The minimum atomic E-state index is -0.891. The number of hydrogen-bond acceptors (Lipinski definition) is 6. The molecule has 0 aliphatic rings. The summed E-state index contributed by atoms with van der Waals surface area (Å²) in [5, 5.41) is 20.8. The molecule has 0 aliphatic carbocycles. The SMILES string of the molecule is COC(=O)c1cc(OC)ccc1NCC(O)CO. The van der Waals surface area contributed by atoms with E-state index < -0.39 is 12.1 Å². The molecule has 0 spiro atoms. The second kappa shape index (κ2) is 6.83. The number of methoxy groups -OCH3 is 2. The fourth-order valence-corrected chi connectivity index (χ4v) is 1.38. The van der Waals surface area contributed by atoms with E-state index in [0.29, 0.717) is 17.0 Å². The van der Waals surface area contributed by atoms with E-state index in [9.17, 15) is 9.90 Å². The molecule has 0 heterocycles. The molecule has 3 N–H and O–H groups in total. The van der Waals surface area contributed by atoms with Gasteiger partial charge in [0.05, 0.1) is 32.5 Å². The summed E-state index contributed by atoms with van der Waals surface area (Å²) in [6, 6.07) is 4.87. The number of aliphatic hydroxyl groups is 2. The van der Waals surface area contributed by atoms with Gasteiger partial charge in [-0.15, -0.1) is 0 Å². The Morgan fingerprint density at radius 3 is 2.72 bits per heavy atom. The molecule has 6 heteroatoms. The lowest BCUT2D eigenvalue weighted by Crippen LogP contribution is -2.23. The number of ether oxygens (including phenoxy) is 2. The fraction of sp³-hybridized carbons (Fsp3) is 0.417. The Kier molecular flexibility index (Phi) is 5.41. The fourth-order valence-electron chi connectivity index (χ4n) is 1.38. The van der Waals surface area contributed by atoms with Crippen LogP contribution in [0.1, 0.15) is 10.4 Å². The summed E-state index contributed by atoms with van der Waals surface area (Å²) in [6.45, 7) is -0.219. The normalized spacial score (nSPS) is 11.8. The average molecular weight is 255 g/mol. The third kappa shape index (κ3) is 3.61. The van der Waals surface area contributed by atoms with Gasteiger partial charge in [0.15, 0.2) is 0 Å². The van der Waals surface area contributed by atoms with Crippen molar-refractivity contribution in [2.75, 3.05) is 32.7 Å². The number of esters is 1. The van der Waals surface area contributed by atoms with Gasteiger partial charge in [-0.1, -0.05) is 0 Å². The van der Waals surface area contributed by atoms with Gasteiger partial charge in [0.2, 0.25) is 0 Å². The molecule has 1 atom stereocenters. The summed E-state index contributed by atoms with van der Waals surface area (Å²) in [5.74, 6) is 0.0264. The highest BCUT2D eigenvalue weighted by Gasteiger charge is 2.14. The molecule has 1 rings (SSSR count). The van der Waals surface area contributed by atoms with Crippen LogP contribution in [0.25, 0.3) is 0 Å². The summed E-state index contributed by atoms with van der Waals surface area (Å²) in [6.07, 6.45) is -0.891. The lowest BCUT2D eigenvalue weighted by molar-refractivity contribution is 0.0601. The Morgan fingerprint density at radius 1 is 1.44 bits per heavy atom. The molecule has 0 bridgehead atoms. The maximum Gasteiger partial charge on any atom is 0.340 e. The third-order valence-electron chi connectivity index (χ3n) is 2.37. The van der Waals surface area contributed by atoms with Crippen LogP contribution < -0.4 is 10.1 Å². The topological polar surface area (TPSA) is 88.0 Å². The van der Waals surface area contributed by atoms with Gasteiger partial charge < -0.3 is 25.0 Å². The number of nitrogens with one attached hydrogen (secondary N) is 1. The molecule has 0 saturated carbocycles. The van der Waals surface area contributed by atoms with Gasteiger partial charge in [0.25, 0.3) is 0 Å². The van der Waals surface area contributed by atoms with Crippen molar-refractivity contribution in [2.24, 2.45) is 0 Å². The number of carbonyl (C=O) groups excluding carboxylic acids is 1. The second-order valence-electron chi connectivity index (χ2n) is 3.62. The molecular weight excluding hydrogens is 238 g/mol. The first-order valence-electron chi connectivity index (χ1n) is 5.41. The Morgan fingerprint density at radius 2 is 2.17 bits per heavy atom. The van der Waals surface area contributed by atoms with Crippen LogP contribution in [0.15, 0.2) is 18.2 Å². The molecule has 0 amide bonds. The number of rotatable bonds is 6. The standard InChI is InChI=1S/C12H17NO5/c1-17-9-3-4-11(13-6-8(15)7-14)10(5-9)12(16)18-2/h3-5,8,13-15H,6-7H2,1-2H3. The van der Waals surface area contributed by atoms with Gasteiger partial charge in [0.1, 0.15) is 5.75 Å². The summed E-state index contributed by atoms with van der Waals surface area (Å²) in [4.78, 5) is 11.6. The van der Waals surface area contributed by atoms with Gasteiger partial charge in [0, 0.05) is 12.2 Å². The van der Waals surface area contributed by atoms with E-state index in [4.69, 9.17) is 9.84 Å². The monoisotopic (exact) mass is 255 g/mol. The minimum absolute atomic E-state index is 0.132. The predicted octanol–water partition coefficient (Wildman–Crippen LogP) is 0.247. The summed E-state index contributed by atoms with van der Waals surface area (Å²) < 4.78 is 9.69. The number of carbonyl (C=O) groups is 1. The summed E-state index contributed by atoms with van der Waals surface area (Å²) in [5.41, 5.74) is 0.817. The van der Waals surface area contributed by atoms with E-state index in [0.717, 1.165) is 0 Å². The van der Waals surface area contributed by atoms with Crippen molar-refractivity contribution < 1.29 is 24.5 Å². The number of benzene rings is 1. The molecule has 100 valence electrons. The van der Waals surface area contributed by atoms with Crippen LogP contribution >= 0.6 is 0 Å². The molecule has 0 aromatic heterocycles. The Balaban J connectivity index is 2.91. The van der Waals surface area contributed by atoms with Crippen LogP contribution in [-0.4, -0.2) is 49.7 Å². The van der Waals surface area contributed by atoms with E-state index in [-0.39, 0.29) is 13.2 Å². The predicted molar refractivity (Wildman–Crippen MR) is 65.9 cm³/mol. The summed E-state index contributed by atoms with van der Waals surface area (Å²) >= 11 is 0. The maximum absolute atomic E-state index is 11.6. The van der Waals surface area contributed by atoms with Crippen molar-refractivity contribution >= 4 is 11.7 Å². The van der Waals surface area contributed by atoms with Crippen LogP contribution in [0.4, 0.5) is 5.69 Å². The maximum atomic E-state index is 11.6. The van der Waals surface area contributed by atoms with Crippen molar-refractivity contribution in [3.63, 3.8) is 0 Å². The molecule has 0 fully saturated rings. The Bertz CT molecular complexity index is 407. The average Bonchev–Trinajstić information content (AvgIpc) is 2.43. The van der Waals surface area contributed by atoms with Crippen LogP contribution in [0, 0.1) is 0 Å². The quantitative estimate of drug-likeness (QED) is 0.631. The van der Waals surface area contributed by atoms with E-state index in [1.165, 1.54) is 14.2 Å². The molecule has 18 heavy (non-hydrogen) atoms. The van der Waals surface area contributed by atoms with E-state index in [1.54, 1.807) is 18.2 Å². The van der Waals surface area contributed by atoms with E-state index >= 15 is 0 Å². The zero-order valence-electron chi connectivity index (χ0n) is 10.3. The van der Waals surface area contributed by atoms with Crippen molar-refractivity contribution in [1.29, 1.82) is 0 Å². The Hall–Kier alpha value is -1.79. The van der Waals surface area contributed by atoms with Crippen molar-refractivity contribution in [1.82, 2.24) is 0 Å². The number of anilines is 1. The number of aliphatic hydroxyl groups excluding tert-OH is 2. The van der Waals surface area contributed by atoms with E-state index in [2.05, 4.69) is 10.1 Å². The number of hydrogen-bond donors (Lipinski definition) is 3. The van der Waals surface area contributed by atoms with Crippen molar-refractivity contribution in [2.45, 2.75) is 6.10 Å². The second-order valence-corrected chi connectivity index (χ2v) is 3.62. The van der Waals surface area contributed by atoms with Crippen LogP contribution in [0.2, 0.25) is 0 Å². The van der Waals surface area contributed by atoms with Gasteiger partial charge in [-0.2, -0.15) is 0 Å². The molecule has 0 radical (unpaired) electrons. The zero-order chi connectivity index (χ0) is 13.5. The van der Waals surface area contributed by atoms with Gasteiger partial charge in [-0.05, 0) is 18.2 Å². The minimum Gasteiger partial charge on any atom is -0.497 e. The van der Waals surface area contributed by atoms with Gasteiger partial charge >= 0.3 is 5.97 Å².